The third-order valence-corrected chi connectivity index (χ3v) is 5.66. The molecule has 0 unspecified atom stereocenters. The summed E-state index contributed by atoms with van der Waals surface area (Å²) in [7, 11) is 0. The number of carbonyl (C=O) groups excluding carboxylic acids is 2. The van der Waals surface area contributed by atoms with Crippen LogP contribution in [-0.4, -0.2) is 34.0 Å². The van der Waals surface area contributed by atoms with Gasteiger partial charge in [-0.3, -0.25) is 9.59 Å². The lowest BCUT2D eigenvalue weighted by Gasteiger charge is -2.33. The Kier molecular flexibility index (Phi) is 8.97. The fourth-order valence-electron chi connectivity index (χ4n) is 3.30. The summed E-state index contributed by atoms with van der Waals surface area (Å²) >= 11 is 1.66. The topological polar surface area (TPSA) is 49.4 Å². The van der Waals surface area contributed by atoms with Crippen LogP contribution in [0.4, 0.5) is 0 Å². The number of thioether (sulfide) groups is 1. The Bertz CT molecular complexity index is 831. The minimum Gasteiger partial charge on any atom is -0.350 e. The number of amides is 2. The first-order valence-electron chi connectivity index (χ1n) is 10.5. The Morgan fingerprint density at radius 3 is 2.37 bits per heavy atom. The first kappa shape index (κ1) is 24.0. The van der Waals surface area contributed by atoms with Crippen LogP contribution >= 0.6 is 11.8 Å². The van der Waals surface area contributed by atoms with E-state index in [0.29, 0.717) is 25.1 Å². The SMILES string of the molecule is CC[C@@H](C(=O)NC(C)(C)C)N(Cc1cccc(C)c1)C(=O)CCSc1ccccc1. The largest absolute Gasteiger partial charge is 0.350 e. The molecule has 2 rings (SSSR count). The van der Waals surface area contributed by atoms with E-state index in [1.807, 2.05) is 83.1 Å². The van der Waals surface area contributed by atoms with E-state index in [1.54, 1.807) is 16.7 Å². The van der Waals surface area contributed by atoms with Crippen molar-refractivity contribution in [1.29, 1.82) is 0 Å². The quantitative estimate of drug-likeness (QED) is 0.561. The van der Waals surface area contributed by atoms with Crippen LogP contribution in [0.1, 0.15) is 51.7 Å². The average Bonchev–Trinajstić information content (AvgIpc) is 2.67. The maximum atomic E-state index is 13.2. The van der Waals surface area contributed by atoms with Crippen molar-refractivity contribution in [1.82, 2.24) is 10.2 Å². The smallest absolute Gasteiger partial charge is 0.243 e. The number of hydrogen-bond donors (Lipinski definition) is 1. The summed E-state index contributed by atoms with van der Waals surface area (Å²) in [6.07, 6.45) is 0.968. The van der Waals surface area contributed by atoms with Gasteiger partial charge in [0.05, 0.1) is 0 Å². The zero-order chi connectivity index (χ0) is 22.1. The van der Waals surface area contributed by atoms with E-state index < -0.39 is 6.04 Å². The van der Waals surface area contributed by atoms with E-state index in [1.165, 1.54) is 0 Å². The highest BCUT2D eigenvalue weighted by atomic mass is 32.2. The van der Waals surface area contributed by atoms with E-state index >= 15 is 0 Å². The van der Waals surface area contributed by atoms with Gasteiger partial charge < -0.3 is 10.2 Å². The monoisotopic (exact) mass is 426 g/mol. The number of rotatable bonds is 9. The van der Waals surface area contributed by atoms with Crippen molar-refractivity contribution in [3.05, 3.63) is 65.7 Å². The van der Waals surface area contributed by atoms with E-state index in [2.05, 4.69) is 11.4 Å². The van der Waals surface area contributed by atoms with Crippen molar-refractivity contribution in [2.24, 2.45) is 0 Å². The van der Waals surface area contributed by atoms with Gasteiger partial charge in [0.15, 0.2) is 0 Å². The lowest BCUT2D eigenvalue weighted by atomic mass is 10.0. The Labute approximate surface area is 185 Å². The summed E-state index contributed by atoms with van der Waals surface area (Å²) in [5.74, 6) is 0.599. The number of aryl methyl sites for hydroxylation is 1. The Hall–Kier alpha value is -2.27. The van der Waals surface area contributed by atoms with Crippen LogP contribution in [0.3, 0.4) is 0 Å². The summed E-state index contributed by atoms with van der Waals surface area (Å²) in [6.45, 7) is 10.3. The highest BCUT2D eigenvalue weighted by Crippen LogP contribution is 2.20. The van der Waals surface area contributed by atoms with E-state index in [4.69, 9.17) is 0 Å². The zero-order valence-corrected chi connectivity index (χ0v) is 19.6. The molecule has 162 valence electrons. The predicted octanol–water partition coefficient (Wildman–Crippen LogP) is 5.20. The lowest BCUT2D eigenvalue weighted by molar-refractivity contribution is -0.141. The third kappa shape index (κ3) is 7.86. The second-order valence-corrected chi connectivity index (χ2v) is 9.75. The number of hydrogen-bond acceptors (Lipinski definition) is 3. The second-order valence-electron chi connectivity index (χ2n) is 8.59. The molecule has 4 nitrogen and oxygen atoms in total. The van der Waals surface area contributed by atoms with Gasteiger partial charge in [-0.15, -0.1) is 11.8 Å². The van der Waals surface area contributed by atoms with Crippen molar-refractivity contribution in [2.75, 3.05) is 5.75 Å². The van der Waals surface area contributed by atoms with Crippen LogP contribution in [0.5, 0.6) is 0 Å². The number of nitrogens with zero attached hydrogens (tertiary/aromatic N) is 1. The molecule has 0 aliphatic heterocycles. The van der Waals surface area contributed by atoms with Crippen molar-refractivity contribution >= 4 is 23.6 Å². The third-order valence-electron chi connectivity index (χ3n) is 4.65. The van der Waals surface area contributed by atoms with Crippen LogP contribution in [-0.2, 0) is 16.1 Å². The fraction of sp³-hybridized carbons (Fsp3) is 0.440. The number of carbonyl (C=O) groups is 2. The first-order chi connectivity index (χ1) is 14.2. The first-order valence-corrected chi connectivity index (χ1v) is 11.5. The fourth-order valence-corrected chi connectivity index (χ4v) is 4.16. The molecule has 0 saturated carbocycles. The van der Waals surface area contributed by atoms with Crippen molar-refractivity contribution in [2.45, 2.75) is 70.5 Å². The average molecular weight is 427 g/mol. The molecule has 2 amide bonds. The van der Waals surface area contributed by atoms with E-state index in [9.17, 15) is 9.59 Å². The van der Waals surface area contributed by atoms with Crippen molar-refractivity contribution < 1.29 is 9.59 Å². The molecule has 0 fully saturated rings. The van der Waals surface area contributed by atoms with Crippen LogP contribution in [0.2, 0.25) is 0 Å². The Balaban J connectivity index is 2.15. The molecule has 0 saturated heterocycles. The highest BCUT2D eigenvalue weighted by molar-refractivity contribution is 7.99. The summed E-state index contributed by atoms with van der Waals surface area (Å²) in [6, 6.07) is 17.7. The molecule has 1 N–H and O–H groups in total. The van der Waals surface area contributed by atoms with Gasteiger partial charge >= 0.3 is 0 Å². The number of nitrogens with one attached hydrogen (secondary N) is 1. The Morgan fingerprint density at radius 2 is 1.77 bits per heavy atom. The maximum absolute atomic E-state index is 13.2. The summed E-state index contributed by atoms with van der Waals surface area (Å²) in [5.41, 5.74) is 1.85. The minimum absolute atomic E-state index is 0.0100. The van der Waals surface area contributed by atoms with Crippen LogP contribution in [0.15, 0.2) is 59.5 Å². The maximum Gasteiger partial charge on any atom is 0.243 e. The van der Waals surface area contributed by atoms with Crippen LogP contribution in [0.25, 0.3) is 0 Å². The van der Waals surface area contributed by atoms with Gasteiger partial charge in [-0.2, -0.15) is 0 Å². The summed E-state index contributed by atoms with van der Waals surface area (Å²) < 4.78 is 0. The molecular weight excluding hydrogens is 392 g/mol. The summed E-state index contributed by atoms with van der Waals surface area (Å²) in [4.78, 5) is 29.1. The van der Waals surface area contributed by atoms with E-state index in [-0.39, 0.29) is 17.4 Å². The molecular formula is C25H34N2O2S. The highest BCUT2D eigenvalue weighted by Gasteiger charge is 2.30. The van der Waals surface area contributed by atoms with Crippen molar-refractivity contribution in [3.63, 3.8) is 0 Å². The summed E-state index contributed by atoms with van der Waals surface area (Å²) in [5, 5.41) is 3.05. The van der Waals surface area contributed by atoms with Gasteiger partial charge in [0.25, 0.3) is 0 Å². The molecule has 0 bridgehead atoms. The van der Waals surface area contributed by atoms with Gasteiger partial charge in [-0.05, 0) is 51.8 Å². The van der Waals surface area contributed by atoms with Crippen LogP contribution < -0.4 is 5.32 Å². The molecule has 5 heteroatoms. The molecule has 0 aliphatic rings. The van der Waals surface area contributed by atoms with E-state index in [0.717, 1.165) is 16.0 Å². The molecule has 0 spiro atoms. The molecule has 1 atom stereocenters. The normalized spacial score (nSPS) is 12.3. The Morgan fingerprint density at radius 1 is 1.07 bits per heavy atom. The van der Waals surface area contributed by atoms with Crippen molar-refractivity contribution in [3.8, 4) is 0 Å². The molecule has 0 heterocycles. The molecule has 0 aliphatic carbocycles. The second kappa shape index (κ2) is 11.2. The van der Waals surface area contributed by atoms with Gasteiger partial charge in [0.1, 0.15) is 6.04 Å². The van der Waals surface area contributed by atoms with Gasteiger partial charge in [0.2, 0.25) is 11.8 Å². The van der Waals surface area contributed by atoms with Gasteiger partial charge in [-0.1, -0.05) is 55.0 Å². The standard InChI is InChI=1S/C25H34N2O2S/c1-6-22(24(29)26-25(3,4)5)27(18-20-12-10-11-19(2)17-20)23(28)15-16-30-21-13-8-7-9-14-21/h7-14,17,22H,6,15-16,18H2,1-5H3,(H,26,29)/t22-/m0/s1. The lowest BCUT2D eigenvalue weighted by Crippen LogP contribution is -2.53. The van der Waals surface area contributed by atoms with Gasteiger partial charge in [-0.25, -0.2) is 0 Å². The molecule has 2 aromatic carbocycles. The molecule has 0 aromatic heterocycles. The van der Waals surface area contributed by atoms with Gasteiger partial charge in [0, 0.05) is 29.2 Å². The molecule has 30 heavy (non-hydrogen) atoms. The van der Waals surface area contributed by atoms with Crippen LogP contribution in [0, 0.1) is 6.92 Å². The minimum atomic E-state index is -0.487. The predicted molar refractivity (Wildman–Crippen MR) is 125 cm³/mol. The molecule has 2 aromatic rings. The number of benzene rings is 2. The zero-order valence-electron chi connectivity index (χ0n) is 18.8. The molecule has 0 radical (unpaired) electrons.